The Bertz CT molecular complexity index is 1480. The highest BCUT2D eigenvalue weighted by atomic mass is 16.7. The van der Waals surface area contributed by atoms with Crippen LogP contribution in [0.5, 0.6) is 23.0 Å². The second-order valence-corrected chi connectivity index (χ2v) is 8.43. The Morgan fingerprint density at radius 2 is 1.62 bits per heavy atom. The average molecular weight is 516 g/mol. The highest BCUT2D eigenvalue weighted by Gasteiger charge is 2.45. The van der Waals surface area contributed by atoms with Gasteiger partial charge in [0.2, 0.25) is 12.0 Å². The van der Waals surface area contributed by atoms with Gasteiger partial charge in [0, 0.05) is 23.1 Å². The lowest BCUT2D eigenvalue weighted by Gasteiger charge is -2.39. The van der Waals surface area contributed by atoms with Gasteiger partial charge in [-0.3, -0.25) is 4.79 Å². The van der Waals surface area contributed by atoms with Crippen LogP contribution in [0.15, 0.2) is 50.2 Å². The van der Waals surface area contributed by atoms with Crippen LogP contribution in [0.25, 0.3) is 33.3 Å². The molecule has 0 saturated carbocycles. The summed E-state index contributed by atoms with van der Waals surface area (Å²) in [7, 11) is 2.70. The van der Waals surface area contributed by atoms with Crippen molar-refractivity contribution >= 4 is 21.9 Å². The number of ether oxygens (including phenoxy) is 4. The first-order valence-corrected chi connectivity index (χ1v) is 11.2. The smallest absolute Gasteiger partial charge is 0.229 e. The van der Waals surface area contributed by atoms with E-state index in [1.807, 2.05) is 0 Å². The zero-order valence-corrected chi connectivity index (χ0v) is 19.7. The molecular formula is C25H24O12. The van der Waals surface area contributed by atoms with Crippen molar-refractivity contribution in [2.75, 3.05) is 20.8 Å². The quantitative estimate of drug-likeness (QED) is 0.247. The Balaban J connectivity index is 1.77. The molecule has 5 rings (SSSR count). The molecule has 2 aromatic carbocycles. The Hall–Kier alpha value is -3.81. The molecule has 1 aliphatic heterocycles. The average Bonchev–Trinajstić information content (AvgIpc) is 2.90. The highest BCUT2D eigenvalue weighted by molar-refractivity contribution is 6.09. The lowest BCUT2D eigenvalue weighted by atomic mass is 9.99. The van der Waals surface area contributed by atoms with E-state index in [2.05, 4.69) is 0 Å². The molecule has 5 N–H and O–H groups in total. The summed E-state index contributed by atoms with van der Waals surface area (Å²) in [6.07, 6.45) is -6.40. The van der Waals surface area contributed by atoms with E-state index in [9.17, 15) is 30.3 Å². The second kappa shape index (κ2) is 9.57. The first kappa shape index (κ1) is 24.9. The van der Waals surface area contributed by atoms with Crippen molar-refractivity contribution < 1.29 is 53.3 Å². The van der Waals surface area contributed by atoms with Crippen LogP contribution in [0, 0.1) is 0 Å². The van der Waals surface area contributed by atoms with Crippen molar-refractivity contribution in [2.24, 2.45) is 0 Å². The van der Waals surface area contributed by atoms with Crippen molar-refractivity contribution in [3.8, 4) is 34.3 Å². The van der Waals surface area contributed by atoms with Gasteiger partial charge in [-0.1, -0.05) is 0 Å². The number of methoxy groups -OCH3 is 2. The van der Waals surface area contributed by atoms with E-state index in [0.717, 1.165) is 0 Å². The van der Waals surface area contributed by atoms with Gasteiger partial charge in [0.1, 0.15) is 35.6 Å². The lowest BCUT2D eigenvalue weighted by Crippen LogP contribution is -2.60. The van der Waals surface area contributed by atoms with E-state index in [-0.39, 0.29) is 45.4 Å². The van der Waals surface area contributed by atoms with Crippen molar-refractivity contribution in [1.29, 1.82) is 0 Å². The summed E-state index contributed by atoms with van der Waals surface area (Å²) in [5, 5.41) is 51.7. The fraction of sp³-hybridized carbons (Fsp3) is 0.320. The molecule has 2 aromatic heterocycles. The summed E-state index contributed by atoms with van der Waals surface area (Å²) in [5.41, 5.74) is 0.280. The molecule has 4 aromatic rings. The predicted molar refractivity (Wildman–Crippen MR) is 127 cm³/mol. The number of aromatic hydroxyl groups is 1. The summed E-state index contributed by atoms with van der Waals surface area (Å²) >= 11 is 0. The van der Waals surface area contributed by atoms with Gasteiger partial charge >= 0.3 is 0 Å². The molecular weight excluding hydrogens is 492 g/mol. The van der Waals surface area contributed by atoms with Gasteiger partial charge in [-0.05, 0) is 18.2 Å². The highest BCUT2D eigenvalue weighted by Crippen LogP contribution is 2.46. The van der Waals surface area contributed by atoms with E-state index in [1.54, 1.807) is 6.07 Å². The van der Waals surface area contributed by atoms with Crippen LogP contribution in [-0.4, -0.2) is 77.1 Å². The zero-order valence-electron chi connectivity index (χ0n) is 19.7. The van der Waals surface area contributed by atoms with Gasteiger partial charge in [-0.25, -0.2) is 0 Å². The lowest BCUT2D eigenvalue weighted by molar-refractivity contribution is -0.277. The third-order valence-electron chi connectivity index (χ3n) is 6.23. The molecule has 12 nitrogen and oxygen atoms in total. The fourth-order valence-corrected chi connectivity index (χ4v) is 4.34. The summed E-state index contributed by atoms with van der Waals surface area (Å²) in [4.78, 5) is 12.3. The standard InChI is InChI=1S/C25H24O12/c1-32-15-5-10(6-16(33-2)19(15)28)23-24(37-25-22(31)21(30)20(29)17(9-26)36-25)12-3-4-34-13-7-11(27)8-14(35-23)18(12)13/h3-8,17,20-22,25-26,28-31H,9H2,1-2H3/t17-,20-,21+,22-,25+/m1/s1. The number of hydrogen-bond donors (Lipinski definition) is 5. The number of phenolic OH excluding ortho intramolecular Hbond substituents is 1. The minimum atomic E-state index is -1.70. The van der Waals surface area contributed by atoms with E-state index < -0.39 is 37.3 Å². The van der Waals surface area contributed by atoms with E-state index >= 15 is 0 Å². The minimum Gasteiger partial charge on any atom is -0.502 e. The minimum absolute atomic E-state index is 0.00562. The summed E-state index contributed by atoms with van der Waals surface area (Å²) in [6, 6.07) is 6.98. The van der Waals surface area contributed by atoms with Crippen molar-refractivity contribution in [3.63, 3.8) is 0 Å². The first-order valence-electron chi connectivity index (χ1n) is 11.2. The van der Waals surface area contributed by atoms with Crippen LogP contribution < -0.4 is 19.6 Å². The SMILES string of the molecule is COc1cc(-c2oc3cc(=O)cc4occc(c2O[C@@H]2O[C@H](CO)[C@@H](O)[C@H](O)[C@H]2O)c43)cc(OC)c1O. The number of aliphatic hydroxyl groups is 4. The Kier molecular flexibility index (Phi) is 6.43. The molecule has 1 saturated heterocycles. The van der Waals surface area contributed by atoms with Crippen LogP contribution in [0.2, 0.25) is 0 Å². The first-order chi connectivity index (χ1) is 17.8. The number of benzene rings is 2. The number of rotatable bonds is 6. The van der Waals surface area contributed by atoms with Crippen molar-refractivity contribution in [2.45, 2.75) is 30.7 Å². The van der Waals surface area contributed by atoms with Gasteiger partial charge in [-0.15, -0.1) is 0 Å². The summed E-state index contributed by atoms with van der Waals surface area (Å²) in [5.74, 6) is -0.126. The van der Waals surface area contributed by atoms with E-state index in [0.29, 0.717) is 16.3 Å². The number of phenols is 1. The van der Waals surface area contributed by atoms with Crippen LogP contribution in [0.3, 0.4) is 0 Å². The van der Waals surface area contributed by atoms with Gasteiger partial charge in [0.25, 0.3) is 0 Å². The van der Waals surface area contributed by atoms with Gasteiger partial charge < -0.3 is 53.3 Å². The normalized spacial score (nSPS) is 23.9. The molecule has 196 valence electrons. The molecule has 5 atom stereocenters. The van der Waals surface area contributed by atoms with E-state index in [4.69, 9.17) is 27.8 Å². The van der Waals surface area contributed by atoms with Crippen LogP contribution in [-0.2, 0) is 4.74 Å². The second-order valence-electron chi connectivity index (χ2n) is 8.43. The molecule has 37 heavy (non-hydrogen) atoms. The molecule has 1 aliphatic rings. The molecule has 0 amide bonds. The summed E-state index contributed by atoms with van der Waals surface area (Å²) in [6.45, 7) is -0.650. The molecule has 12 heteroatoms. The Morgan fingerprint density at radius 3 is 2.27 bits per heavy atom. The maximum atomic E-state index is 12.3. The van der Waals surface area contributed by atoms with Gasteiger partial charge in [-0.2, -0.15) is 0 Å². The number of aliphatic hydroxyl groups excluding tert-OH is 4. The predicted octanol–water partition coefficient (Wildman–Crippen LogP) is 1.11. The number of hydrogen-bond acceptors (Lipinski definition) is 12. The maximum absolute atomic E-state index is 12.3. The molecule has 3 heterocycles. The maximum Gasteiger partial charge on any atom is 0.229 e. The Labute approximate surface area is 208 Å². The van der Waals surface area contributed by atoms with Crippen LogP contribution in [0.1, 0.15) is 0 Å². The molecule has 0 radical (unpaired) electrons. The van der Waals surface area contributed by atoms with Gasteiger partial charge in [0.05, 0.1) is 32.5 Å². The molecule has 0 unspecified atom stereocenters. The van der Waals surface area contributed by atoms with E-state index in [1.165, 1.54) is 44.7 Å². The molecule has 1 fully saturated rings. The topological polar surface area (TPSA) is 181 Å². The van der Waals surface area contributed by atoms with Crippen LogP contribution in [0.4, 0.5) is 0 Å². The molecule has 0 spiro atoms. The van der Waals surface area contributed by atoms with Gasteiger partial charge in [0.15, 0.2) is 28.4 Å². The molecule has 0 bridgehead atoms. The Morgan fingerprint density at radius 1 is 0.946 bits per heavy atom. The summed E-state index contributed by atoms with van der Waals surface area (Å²) < 4.78 is 33.7. The fourth-order valence-electron chi connectivity index (χ4n) is 4.34. The third kappa shape index (κ3) is 4.14. The molecule has 0 aliphatic carbocycles. The monoisotopic (exact) mass is 516 g/mol. The zero-order chi connectivity index (χ0) is 26.4. The van der Waals surface area contributed by atoms with Crippen molar-refractivity contribution in [3.05, 3.63) is 46.8 Å². The third-order valence-corrected chi connectivity index (χ3v) is 6.23. The van der Waals surface area contributed by atoms with Crippen molar-refractivity contribution in [1.82, 2.24) is 0 Å². The van der Waals surface area contributed by atoms with Crippen LogP contribution >= 0.6 is 0 Å². The largest absolute Gasteiger partial charge is 0.502 e.